The minimum Gasteiger partial charge on any atom is -0.481 e. The van der Waals surface area contributed by atoms with E-state index in [1.165, 1.54) is 13.8 Å². The Labute approximate surface area is 229 Å². The second-order valence-electron chi connectivity index (χ2n) is 14.1. The SMILES string of the molecule is C[C@@H](CC(=O)C[C@](C)(O)[C@H]1C[C@H](O)[C@@]2(C)C3=C(C(=O)[C@@H](O)[C@]12C)[C@@]1(C)CCC(=O)C(C)(C)[C@@H]1CC3=O)C(=O)O. The number of ketones is 4. The smallest absolute Gasteiger partial charge is 0.306 e. The molecule has 0 amide bonds. The Morgan fingerprint density at radius 3 is 2.21 bits per heavy atom. The van der Waals surface area contributed by atoms with Gasteiger partial charge in [-0.2, -0.15) is 0 Å². The lowest BCUT2D eigenvalue weighted by Gasteiger charge is -2.60. The van der Waals surface area contributed by atoms with Crippen molar-refractivity contribution in [3.8, 4) is 0 Å². The highest BCUT2D eigenvalue weighted by atomic mass is 16.4. The van der Waals surface area contributed by atoms with Crippen LogP contribution in [0.25, 0.3) is 0 Å². The first kappa shape index (κ1) is 29.7. The number of aliphatic carboxylic acids is 1. The van der Waals surface area contributed by atoms with Gasteiger partial charge in [0, 0.05) is 58.5 Å². The van der Waals surface area contributed by atoms with Crippen molar-refractivity contribution in [1.29, 1.82) is 0 Å². The first-order valence-corrected chi connectivity index (χ1v) is 13.9. The molecule has 0 bridgehead atoms. The molecule has 0 heterocycles. The molecule has 4 rings (SSSR count). The molecular weight excluding hydrogens is 504 g/mol. The van der Waals surface area contributed by atoms with Crippen molar-refractivity contribution in [3.05, 3.63) is 11.1 Å². The van der Waals surface area contributed by atoms with E-state index in [1.54, 1.807) is 27.7 Å². The number of carboxylic acids is 1. The van der Waals surface area contributed by atoms with Crippen molar-refractivity contribution >= 4 is 29.1 Å². The van der Waals surface area contributed by atoms with Crippen molar-refractivity contribution < 1.29 is 44.4 Å². The Morgan fingerprint density at radius 2 is 1.64 bits per heavy atom. The second-order valence-corrected chi connectivity index (χ2v) is 14.1. The van der Waals surface area contributed by atoms with Gasteiger partial charge in [0.15, 0.2) is 11.6 Å². The zero-order valence-corrected chi connectivity index (χ0v) is 24.0. The van der Waals surface area contributed by atoms with Gasteiger partial charge in [0.1, 0.15) is 17.7 Å². The lowest BCUT2D eigenvalue weighted by molar-refractivity contribution is -0.168. The van der Waals surface area contributed by atoms with E-state index in [4.69, 9.17) is 0 Å². The Hall–Kier alpha value is -2.23. The van der Waals surface area contributed by atoms with Gasteiger partial charge in [0.25, 0.3) is 0 Å². The normalized spacial score (nSPS) is 41.8. The molecule has 216 valence electrons. The molecule has 9 atom stereocenters. The number of fused-ring (bicyclic) bond motifs is 4. The number of hydrogen-bond donors (Lipinski definition) is 4. The molecule has 0 saturated heterocycles. The van der Waals surface area contributed by atoms with Gasteiger partial charge in [0.2, 0.25) is 0 Å². The molecule has 2 saturated carbocycles. The number of aliphatic hydroxyl groups is 3. The molecule has 0 spiro atoms. The fourth-order valence-electron chi connectivity index (χ4n) is 8.97. The molecule has 0 radical (unpaired) electrons. The summed E-state index contributed by atoms with van der Waals surface area (Å²) in [6, 6.07) is 0. The lowest BCUT2D eigenvalue weighted by atomic mass is 9.42. The molecule has 0 aromatic rings. The number of hydrogen-bond acceptors (Lipinski definition) is 8. The molecule has 4 N–H and O–H groups in total. The standard InChI is InChI=1S/C30H42O9/c1-14(25(37)38)10-15(31)13-28(5,39)18-12-20(34)30(7)21-16(32)11-17-26(2,3)19(33)8-9-27(17,4)22(21)23(35)24(36)29(18,30)6/h14,17-18,20,24,34,36,39H,8-13H2,1-7H3,(H,37,38)/t14-,17-,18+,20-,24+,27-,28-,29-,30-/m0/s1. The Kier molecular flexibility index (Phi) is 6.78. The molecule has 2 fully saturated rings. The van der Waals surface area contributed by atoms with E-state index in [9.17, 15) is 44.4 Å². The molecule has 0 aliphatic heterocycles. The first-order valence-electron chi connectivity index (χ1n) is 13.9. The molecule has 0 unspecified atom stereocenters. The van der Waals surface area contributed by atoms with Crippen LogP contribution >= 0.6 is 0 Å². The van der Waals surface area contributed by atoms with Gasteiger partial charge in [-0.3, -0.25) is 24.0 Å². The van der Waals surface area contributed by atoms with Crippen molar-refractivity contribution in [3.63, 3.8) is 0 Å². The third-order valence-electron chi connectivity index (χ3n) is 11.5. The van der Waals surface area contributed by atoms with Crippen LogP contribution in [0.2, 0.25) is 0 Å². The third kappa shape index (κ3) is 3.79. The van der Waals surface area contributed by atoms with Crippen LogP contribution in [0.3, 0.4) is 0 Å². The number of carbonyl (C=O) groups is 5. The quantitative estimate of drug-likeness (QED) is 0.391. The van der Waals surface area contributed by atoms with E-state index >= 15 is 0 Å². The highest BCUT2D eigenvalue weighted by Gasteiger charge is 2.74. The number of rotatable bonds is 6. The molecule has 9 heteroatoms. The van der Waals surface area contributed by atoms with E-state index in [0.717, 1.165) is 0 Å². The topological polar surface area (TPSA) is 166 Å². The van der Waals surface area contributed by atoms with Crippen LogP contribution in [-0.4, -0.2) is 67.3 Å². The lowest BCUT2D eigenvalue weighted by Crippen LogP contribution is -2.65. The largest absolute Gasteiger partial charge is 0.481 e. The first-order chi connectivity index (χ1) is 17.7. The van der Waals surface area contributed by atoms with Crippen molar-refractivity contribution in [2.45, 2.75) is 105 Å². The minimum absolute atomic E-state index is 0.0283. The zero-order chi connectivity index (χ0) is 29.7. The Bertz CT molecular complexity index is 1190. The van der Waals surface area contributed by atoms with E-state index in [1.807, 2.05) is 6.92 Å². The predicted octanol–water partition coefficient (Wildman–Crippen LogP) is 2.43. The summed E-state index contributed by atoms with van der Waals surface area (Å²) < 4.78 is 0. The average Bonchev–Trinajstić information content (AvgIpc) is 3.04. The van der Waals surface area contributed by atoms with Gasteiger partial charge in [-0.05, 0) is 31.6 Å². The van der Waals surface area contributed by atoms with Gasteiger partial charge in [-0.25, -0.2) is 0 Å². The van der Waals surface area contributed by atoms with E-state index in [-0.39, 0.29) is 48.4 Å². The summed E-state index contributed by atoms with van der Waals surface area (Å²) in [6.07, 6.45) is -3.05. The molecule has 4 aliphatic carbocycles. The van der Waals surface area contributed by atoms with Crippen LogP contribution in [0.4, 0.5) is 0 Å². The second kappa shape index (κ2) is 8.88. The van der Waals surface area contributed by atoms with E-state index in [0.29, 0.717) is 6.42 Å². The van der Waals surface area contributed by atoms with Gasteiger partial charge in [-0.1, -0.05) is 41.5 Å². The van der Waals surface area contributed by atoms with E-state index in [2.05, 4.69) is 0 Å². The highest BCUT2D eigenvalue weighted by molar-refractivity contribution is 6.13. The monoisotopic (exact) mass is 546 g/mol. The molecule has 4 aliphatic rings. The molecule has 39 heavy (non-hydrogen) atoms. The summed E-state index contributed by atoms with van der Waals surface area (Å²) in [5, 5.41) is 44.1. The molecule has 0 aromatic carbocycles. The van der Waals surface area contributed by atoms with Gasteiger partial charge in [-0.15, -0.1) is 0 Å². The summed E-state index contributed by atoms with van der Waals surface area (Å²) in [7, 11) is 0. The molecular formula is C30H42O9. The summed E-state index contributed by atoms with van der Waals surface area (Å²) in [5.74, 6) is -4.90. The van der Waals surface area contributed by atoms with Crippen LogP contribution in [0.15, 0.2) is 11.1 Å². The Balaban J connectivity index is 1.84. The fraction of sp³-hybridized carbons (Fsp3) is 0.767. The highest BCUT2D eigenvalue weighted by Crippen LogP contribution is 2.71. The van der Waals surface area contributed by atoms with Crippen LogP contribution in [0.5, 0.6) is 0 Å². The summed E-state index contributed by atoms with van der Waals surface area (Å²) in [6.45, 7) is 11.5. The summed E-state index contributed by atoms with van der Waals surface area (Å²) >= 11 is 0. The van der Waals surface area contributed by atoms with Crippen LogP contribution in [-0.2, 0) is 24.0 Å². The Morgan fingerprint density at radius 1 is 1.05 bits per heavy atom. The maximum absolute atomic E-state index is 14.1. The number of aliphatic hydroxyl groups excluding tert-OH is 2. The van der Waals surface area contributed by atoms with Crippen molar-refractivity contribution in [2.24, 2.45) is 39.4 Å². The van der Waals surface area contributed by atoms with Crippen LogP contribution in [0.1, 0.15) is 87.0 Å². The fourth-order valence-corrected chi connectivity index (χ4v) is 8.97. The number of Topliss-reactive ketones (excluding diaryl/α,β-unsaturated/α-hetero) is 4. The van der Waals surface area contributed by atoms with Gasteiger partial charge >= 0.3 is 5.97 Å². The van der Waals surface area contributed by atoms with Gasteiger partial charge < -0.3 is 20.4 Å². The van der Waals surface area contributed by atoms with Crippen molar-refractivity contribution in [1.82, 2.24) is 0 Å². The molecule has 0 aromatic heterocycles. The number of carbonyl (C=O) groups excluding carboxylic acids is 4. The average molecular weight is 547 g/mol. The number of carboxylic acid groups (broad SMARTS) is 1. The summed E-state index contributed by atoms with van der Waals surface area (Å²) in [5.41, 5.74) is -6.02. The summed E-state index contributed by atoms with van der Waals surface area (Å²) in [4.78, 5) is 64.9. The van der Waals surface area contributed by atoms with E-state index < -0.39 is 81.2 Å². The minimum atomic E-state index is -1.80. The van der Waals surface area contributed by atoms with Crippen LogP contribution in [0, 0.1) is 39.4 Å². The molecule has 9 nitrogen and oxygen atoms in total. The predicted molar refractivity (Wildman–Crippen MR) is 139 cm³/mol. The maximum Gasteiger partial charge on any atom is 0.306 e. The van der Waals surface area contributed by atoms with Crippen molar-refractivity contribution in [2.75, 3.05) is 0 Å². The van der Waals surface area contributed by atoms with Gasteiger partial charge in [0.05, 0.1) is 17.6 Å². The van der Waals surface area contributed by atoms with Crippen LogP contribution < -0.4 is 0 Å². The maximum atomic E-state index is 14.1. The third-order valence-corrected chi connectivity index (χ3v) is 11.5. The zero-order valence-electron chi connectivity index (χ0n) is 24.0.